The molecular formula is C27H26N2O2. The Bertz CT molecular complexity index is 1350. The molecule has 156 valence electrons. The summed E-state index contributed by atoms with van der Waals surface area (Å²) in [5.41, 5.74) is 6.85. The van der Waals surface area contributed by atoms with Crippen molar-refractivity contribution in [1.29, 1.82) is 0 Å². The van der Waals surface area contributed by atoms with Crippen LogP contribution in [0.5, 0.6) is 0 Å². The number of hydrogen-bond donors (Lipinski definition) is 1. The predicted molar refractivity (Wildman–Crippen MR) is 127 cm³/mol. The van der Waals surface area contributed by atoms with Crippen molar-refractivity contribution >= 4 is 22.5 Å². The summed E-state index contributed by atoms with van der Waals surface area (Å²) in [5.74, 6) is -0.124. The van der Waals surface area contributed by atoms with Gasteiger partial charge in [0, 0.05) is 22.3 Å². The minimum Gasteiger partial charge on any atom is -0.322 e. The third-order valence-corrected chi connectivity index (χ3v) is 5.78. The summed E-state index contributed by atoms with van der Waals surface area (Å²) in [6.07, 6.45) is 0. The number of carbonyl (C=O) groups excluding carboxylic acids is 1. The monoisotopic (exact) mass is 410 g/mol. The second kappa shape index (κ2) is 8.23. The highest BCUT2D eigenvalue weighted by Gasteiger charge is 2.22. The van der Waals surface area contributed by atoms with Gasteiger partial charge in [-0.05, 0) is 80.6 Å². The molecule has 1 aromatic heterocycles. The molecule has 1 heterocycles. The van der Waals surface area contributed by atoms with Crippen molar-refractivity contribution in [2.45, 2.75) is 34.2 Å². The number of benzene rings is 3. The highest BCUT2D eigenvalue weighted by Crippen LogP contribution is 2.26. The molecular weight excluding hydrogens is 384 g/mol. The van der Waals surface area contributed by atoms with E-state index in [0.29, 0.717) is 11.1 Å². The molecule has 4 rings (SSSR count). The Labute approximate surface area is 182 Å². The molecule has 3 aromatic carbocycles. The third-order valence-electron chi connectivity index (χ3n) is 5.78. The Morgan fingerprint density at radius 3 is 2.39 bits per heavy atom. The fourth-order valence-corrected chi connectivity index (χ4v) is 3.89. The predicted octanol–water partition coefficient (Wildman–Crippen LogP) is 5.61. The van der Waals surface area contributed by atoms with Crippen molar-refractivity contribution in [1.82, 2.24) is 4.98 Å². The summed E-state index contributed by atoms with van der Waals surface area (Å²) in [7, 11) is 0. The fourth-order valence-electron chi connectivity index (χ4n) is 3.89. The van der Waals surface area contributed by atoms with Gasteiger partial charge >= 0.3 is 0 Å². The van der Waals surface area contributed by atoms with Crippen LogP contribution < -0.4 is 10.5 Å². The number of aryl methyl sites for hydroxylation is 3. The second-order valence-electron chi connectivity index (χ2n) is 8.19. The van der Waals surface area contributed by atoms with Crippen LogP contribution >= 0.6 is 0 Å². The highest BCUT2D eigenvalue weighted by molar-refractivity contribution is 6.06. The number of nitrogens with one attached hydrogen (secondary N) is 1. The molecule has 4 heteroatoms. The molecule has 0 aliphatic carbocycles. The van der Waals surface area contributed by atoms with E-state index in [0.717, 1.165) is 38.8 Å². The van der Waals surface area contributed by atoms with Crippen LogP contribution in [-0.2, 0) is 6.54 Å². The molecule has 1 N–H and O–H groups in total. The number of hydrogen-bond acceptors (Lipinski definition) is 2. The Morgan fingerprint density at radius 2 is 1.61 bits per heavy atom. The Balaban J connectivity index is 1.84. The topological polar surface area (TPSA) is 53.2 Å². The van der Waals surface area contributed by atoms with E-state index < -0.39 is 0 Å². The number of fused-ring (bicyclic) bond motifs is 1. The quantitative estimate of drug-likeness (QED) is 0.475. The molecule has 0 saturated heterocycles. The molecule has 4 aromatic rings. The third kappa shape index (κ3) is 4.15. The first-order chi connectivity index (χ1) is 14.8. The summed E-state index contributed by atoms with van der Waals surface area (Å²) < 4.78 is 0. The van der Waals surface area contributed by atoms with Gasteiger partial charge in [-0.2, -0.15) is 0 Å². The molecule has 0 bridgehead atoms. The molecule has 0 unspecified atom stereocenters. The molecule has 0 fully saturated rings. The van der Waals surface area contributed by atoms with Gasteiger partial charge in [-0.25, -0.2) is 0 Å². The molecule has 1 amide bonds. The number of nitrogens with zero attached hydrogens (tertiary/aromatic N) is 1. The first kappa shape index (κ1) is 20.6. The fraction of sp³-hybridized carbons (Fsp3) is 0.185. The first-order valence-corrected chi connectivity index (χ1v) is 10.4. The molecule has 0 saturated carbocycles. The lowest BCUT2D eigenvalue weighted by atomic mass is 10.0. The lowest BCUT2D eigenvalue weighted by molar-refractivity contribution is 0.0985. The van der Waals surface area contributed by atoms with Crippen molar-refractivity contribution in [3.8, 4) is 0 Å². The highest BCUT2D eigenvalue weighted by atomic mass is 16.2. The Morgan fingerprint density at radius 1 is 0.871 bits per heavy atom. The maximum Gasteiger partial charge on any atom is 0.258 e. The molecule has 0 atom stereocenters. The second-order valence-corrected chi connectivity index (χ2v) is 8.19. The van der Waals surface area contributed by atoms with Gasteiger partial charge in [0.25, 0.3) is 11.5 Å². The minimum atomic E-state index is -0.177. The Kier molecular flexibility index (Phi) is 5.47. The number of amides is 1. The summed E-state index contributed by atoms with van der Waals surface area (Å²) in [5, 5.41) is 0.957. The van der Waals surface area contributed by atoms with Gasteiger partial charge in [0.2, 0.25) is 0 Å². The van der Waals surface area contributed by atoms with E-state index >= 15 is 0 Å². The number of rotatable bonds is 4. The van der Waals surface area contributed by atoms with Crippen molar-refractivity contribution in [2.24, 2.45) is 0 Å². The zero-order valence-electron chi connectivity index (χ0n) is 18.3. The normalized spacial score (nSPS) is 11.0. The van der Waals surface area contributed by atoms with Crippen LogP contribution in [-0.4, -0.2) is 10.9 Å². The van der Waals surface area contributed by atoms with Crippen LogP contribution in [0.2, 0.25) is 0 Å². The Hall–Kier alpha value is -3.66. The van der Waals surface area contributed by atoms with Gasteiger partial charge < -0.3 is 9.88 Å². The summed E-state index contributed by atoms with van der Waals surface area (Å²) in [6.45, 7) is 8.22. The van der Waals surface area contributed by atoms with E-state index in [9.17, 15) is 9.59 Å². The summed E-state index contributed by atoms with van der Waals surface area (Å²) in [6, 6.07) is 21.3. The smallest absolute Gasteiger partial charge is 0.258 e. The van der Waals surface area contributed by atoms with Crippen molar-refractivity contribution in [3.63, 3.8) is 0 Å². The van der Waals surface area contributed by atoms with Gasteiger partial charge in [0.15, 0.2) is 0 Å². The van der Waals surface area contributed by atoms with Crippen LogP contribution in [0.3, 0.4) is 0 Å². The molecule has 0 spiro atoms. The van der Waals surface area contributed by atoms with E-state index in [-0.39, 0.29) is 18.0 Å². The van der Waals surface area contributed by atoms with Gasteiger partial charge in [0.1, 0.15) is 0 Å². The summed E-state index contributed by atoms with van der Waals surface area (Å²) >= 11 is 0. The van der Waals surface area contributed by atoms with Crippen molar-refractivity contribution < 1.29 is 4.79 Å². The van der Waals surface area contributed by atoms with Crippen LogP contribution in [0, 0.1) is 27.7 Å². The van der Waals surface area contributed by atoms with Crippen molar-refractivity contribution in [2.75, 3.05) is 4.90 Å². The van der Waals surface area contributed by atoms with Gasteiger partial charge in [-0.3, -0.25) is 9.59 Å². The van der Waals surface area contributed by atoms with E-state index in [1.54, 1.807) is 4.90 Å². The first-order valence-electron chi connectivity index (χ1n) is 10.4. The molecule has 31 heavy (non-hydrogen) atoms. The molecule has 0 aliphatic rings. The van der Waals surface area contributed by atoms with Crippen LogP contribution in [0.1, 0.15) is 38.2 Å². The van der Waals surface area contributed by atoms with E-state index in [1.165, 1.54) is 0 Å². The van der Waals surface area contributed by atoms with Crippen LogP contribution in [0.25, 0.3) is 10.9 Å². The van der Waals surface area contributed by atoms with Gasteiger partial charge in [-0.1, -0.05) is 41.5 Å². The van der Waals surface area contributed by atoms with E-state index in [1.807, 2.05) is 94.4 Å². The van der Waals surface area contributed by atoms with Gasteiger partial charge in [-0.15, -0.1) is 0 Å². The number of aromatic nitrogens is 1. The lowest BCUT2D eigenvalue weighted by Gasteiger charge is -2.25. The van der Waals surface area contributed by atoms with E-state index in [2.05, 4.69) is 4.98 Å². The van der Waals surface area contributed by atoms with Gasteiger partial charge in [0.05, 0.1) is 6.54 Å². The molecule has 0 radical (unpaired) electrons. The molecule has 0 aliphatic heterocycles. The number of carbonyl (C=O) groups is 1. The standard InChI is InChI=1S/C27H26N2O2/c1-17-7-5-9-21(13-17)27(31)29(25-10-6-8-19(3)20(25)4)16-23-15-22-14-18(2)11-12-24(22)28-26(23)30/h5-15H,16H2,1-4H3,(H,28,30). The summed E-state index contributed by atoms with van der Waals surface area (Å²) in [4.78, 5) is 31.1. The lowest BCUT2D eigenvalue weighted by Crippen LogP contribution is -2.33. The number of anilines is 1. The zero-order valence-corrected chi connectivity index (χ0v) is 18.3. The van der Waals surface area contributed by atoms with E-state index in [4.69, 9.17) is 0 Å². The number of H-pyrrole nitrogens is 1. The SMILES string of the molecule is Cc1cccc(C(=O)N(Cc2cc3cc(C)ccc3[nH]c2=O)c2cccc(C)c2C)c1. The van der Waals surface area contributed by atoms with Crippen LogP contribution in [0.15, 0.2) is 71.5 Å². The zero-order chi connectivity index (χ0) is 22.1. The van der Waals surface area contributed by atoms with Crippen molar-refractivity contribution in [3.05, 3.63) is 110 Å². The average molecular weight is 411 g/mol. The molecule has 4 nitrogen and oxygen atoms in total. The average Bonchev–Trinajstić information content (AvgIpc) is 2.74. The van der Waals surface area contributed by atoms with Crippen LogP contribution in [0.4, 0.5) is 5.69 Å². The maximum absolute atomic E-state index is 13.6. The number of pyridine rings is 1. The largest absolute Gasteiger partial charge is 0.322 e. The maximum atomic E-state index is 13.6. The number of aromatic amines is 1. The minimum absolute atomic E-state index is 0.124.